The molecule has 2 aliphatic carbocycles. The third kappa shape index (κ3) is 2.52. The molecule has 1 saturated heterocycles. The van der Waals surface area contributed by atoms with Gasteiger partial charge in [-0.2, -0.15) is 0 Å². The van der Waals surface area contributed by atoms with Crippen molar-refractivity contribution in [2.24, 2.45) is 34.7 Å². The summed E-state index contributed by atoms with van der Waals surface area (Å²) < 4.78 is 11.0. The Morgan fingerprint density at radius 1 is 1.10 bits per heavy atom. The highest BCUT2D eigenvalue weighted by atomic mass is 16.6. The number of oxime groups is 1. The quantitative estimate of drug-likeness (QED) is 0.653. The van der Waals surface area contributed by atoms with Crippen LogP contribution in [0.5, 0.6) is 11.5 Å². The Kier molecular flexibility index (Phi) is 4.50. The smallest absolute Gasteiger partial charge is 0.233 e. The zero-order chi connectivity index (χ0) is 21.2. The minimum absolute atomic E-state index is 0.0113. The van der Waals surface area contributed by atoms with E-state index < -0.39 is 0 Å². The van der Waals surface area contributed by atoms with Gasteiger partial charge in [0, 0.05) is 30.5 Å². The van der Waals surface area contributed by atoms with Crippen LogP contribution in [0.25, 0.3) is 0 Å². The van der Waals surface area contributed by atoms with E-state index in [1.807, 2.05) is 37.2 Å². The number of carbonyl (C=O) groups excluding carboxylic acids is 2. The van der Waals surface area contributed by atoms with Gasteiger partial charge in [-0.3, -0.25) is 14.5 Å². The number of hydrogen-bond donors (Lipinski definition) is 0. The number of fused-ring (bicyclic) bond motifs is 8. The van der Waals surface area contributed by atoms with Crippen molar-refractivity contribution in [2.75, 3.05) is 41.4 Å². The number of likely N-dealkylation sites (N-methyl/N-ethyl adjacent to an activating group) is 1. The summed E-state index contributed by atoms with van der Waals surface area (Å²) in [4.78, 5) is 35.6. The predicted octanol–water partition coefficient (Wildman–Crippen LogP) is 1.24. The van der Waals surface area contributed by atoms with Crippen LogP contribution in [0.1, 0.15) is 12.0 Å². The summed E-state index contributed by atoms with van der Waals surface area (Å²) in [6.07, 6.45) is 0.669. The molecule has 160 valence electrons. The Bertz CT molecular complexity index is 929. The van der Waals surface area contributed by atoms with Crippen molar-refractivity contribution < 1.29 is 23.9 Å². The predicted molar refractivity (Wildman–Crippen MR) is 108 cm³/mol. The molecule has 4 aliphatic rings. The molecule has 0 aromatic heterocycles. The molecule has 0 spiro atoms. The van der Waals surface area contributed by atoms with Crippen molar-refractivity contribution in [3.05, 3.63) is 23.8 Å². The van der Waals surface area contributed by atoms with Crippen molar-refractivity contribution in [3.63, 3.8) is 0 Å². The second-order valence-electron chi connectivity index (χ2n) is 8.86. The highest BCUT2D eigenvalue weighted by Crippen LogP contribution is 2.62. The first kappa shape index (κ1) is 19.4. The molecular weight excluding hydrogens is 386 g/mol. The average molecular weight is 413 g/mol. The summed E-state index contributed by atoms with van der Waals surface area (Å²) in [7, 11) is 7.09. The van der Waals surface area contributed by atoms with E-state index in [0.717, 1.165) is 17.7 Å². The number of ether oxygens (including phenoxy) is 2. The van der Waals surface area contributed by atoms with Gasteiger partial charge in [-0.05, 0) is 38.6 Å². The maximum Gasteiger partial charge on any atom is 0.233 e. The monoisotopic (exact) mass is 413 g/mol. The van der Waals surface area contributed by atoms with Gasteiger partial charge >= 0.3 is 0 Å². The molecule has 2 heterocycles. The lowest BCUT2D eigenvalue weighted by Gasteiger charge is -2.30. The second kappa shape index (κ2) is 6.97. The number of rotatable bonds is 6. The van der Waals surface area contributed by atoms with Crippen molar-refractivity contribution in [3.8, 4) is 11.5 Å². The number of para-hydroxylation sites is 1. The summed E-state index contributed by atoms with van der Waals surface area (Å²) in [6.45, 7) is 1.11. The number of benzene rings is 1. The van der Waals surface area contributed by atoms with E-state index in [0.29, 0.717) is 24.6 Å². The van der Waals surface area contributed by atoms with Crippen LogP contribution in [0.2, 0.25) is 0 Å². The zero-order valence-electron chi connectivity index (χ0n) is 17.7. The van der Waals surface area contributed by atoms with Gasteiger partial charge in [0.05, 0.1) is 31.8 Å². The molecular formula is C22H27N3O5. The Labute approximate surface area is 175 Å². The van der Waals surface area contributed by atoms with Crippen molar-refractivity contribution in [1.82, 2.24) is 9.80 Å². The second-order valence-corrected chi connectivity index (χ2v) is 8.86. The Hall–Kier alpha value is -2.61. The molecule has 8 heteroatoms. The van der Waals surface area contributed by atoms with Crippen LogP contribution in [0.3, 0.4) is 0 Å². The number of amides is 2. The van der Waals surface area contributed by atoms with E-state index in [2.05, 4.69) is 5.16 Å². The number of hydrogen-bond acceptors (Lipinski definition) is 7. The number of methoxy groups -OCH3 is 2. The molecule has 0 radical (unpaired) electrons. The Morgan fingerprint density at radius 3 is 2.50 bits per heavy atom. The number of imide groups is 1. The van der Waals surface area contributed by atoms with Gasteiger partial charge in [-0.25, -0.2) is 0 Å². The van der Waals surface area contributed by atoms with Crippen LogP contribution in [0.4, 0.5) is 0 Å². The minimum Gasteiger partial charge on any atom is -0.493 e. The molecule has 5 rings (SSSR count). The Morgan fingerprint density at radius 2 is 1.83 bits per heavy atom. The fourth-order valence-corrected chi connectivity index (χ4v) is 6.02. The fraction of sp³-hybridized carbons (Fsp3) is 0.591. The SMILES string of the molecule is COc1cccc(C2=NO[C@@H]3[C@H]4C[C@H]([C@@H]23)[C@@H]2C(=O)N(CCN(C)C)C(=O)[C@@H]42)c1OC. The number of nitrogens with zero attached hydrogens (tertiary/aromatic N) is 3. The van der Waals surface area contributed by atoms with Crippen molar-refractivity contribution in [2.45, 2.75) is 12.5 Å². The van der Waals surface area contributed by atoms with E-state index in [1.54, 1.807) is 14.2 Å². The highest BCUT2D eigenvalue weighted by molar-refractivity contribution is 6.10. The summed E-state index contributed by atoms with van der Waals surface area (Å²) in [6, 6.07) is 5.69. The molecule has 1 aromatic rings. The lowest BCUT2D eigenvalue weighted by molar-refractivity contribution is -0.141. The molecule has 0 N–H and O–H groups in total. The average Bonchev–Trinajstić information content (AvgIpc) is 3.46. The van der Waals surface area contributed by atoms with Crippen molar-refractivity contribution >= 4 is 17.5 Å². The van der Waals surface area contributed by atoms with Crippen LogP contribution in [-0.2, 0) is 14.4 Å². The van der Waals surface area contributed by atoms with E-state index in [9.17, 15) is 9.59 Å². The molecule has 0 unspecified atom stereocenters. The highest BCUT2D eigenvalue weighted by Gasteiger charge is 2.70. The van der Waals surface area contributed by atoms with Crippen LogP contribution in [0.15, 0.2) is 23.4 Å². The Balaban J connectivity index is 1.46. The first-order chi connectivity index (χ1) is 14.5. The molecule has 1 aromatic carbocycles. The normalized spacial score (nSPS) is 33.6. The lowest BCUT2D eigenvalue weighted by Crippen LogP contribution is -2.41. The van der Waals surface area contributed by atoms with Gasteiger partial charge in [-0.1, -0.05) is 11.2 Å². The molecule has 8 nitrogen and oxygen atoms in total. The van der Waals surface area contributed by atoms with Gasteiger partial charge in [-0.15, -0.1) is 0 Å². The van der Waals surface area contributed by atoms with Crippen LogP contribution in [-0.4, -0.2) is 74.8 Å². The zero-order valence-corrected chi connectivity index (χ0v) is 17.7. The van der Waals surface area contributed by atoms with E-state index in [1.165, 1.54) is 4.90 Å². The third-order valence-corrected chi connectivity index (χ3v) is 7.23. The molecule has 2 aliphatic heterocycles. The molecule has 30 heavy (non-hydrogen) atoms. The maximum absolute atomic E-state index is 13.2. The van der Waals surface area contributed by atoms with E-state index in [4.69, 9.17) is 14.3 Å². The summed E-state index contributed by atoms with van der Waals surface area (Å²) in [5, 5.41) is 4.41. The number of likely N-dealkylation sites (tertiary alicyclic amines) is 1. The van der Waals surface area contributed by atoms with E-state index >= 15 is 0 Å². The lowest BCUT2D eigenvalue weighted by atomic mass is 9.71. The van der Waals surface area contributed by atoms with Crippen LogP contribution >= 0.6 is 0 Å². The molecule has 2 bridgehead atoms. The first-order valence-electron chi connectivity index (χ1n) is 10.4. The largest absolute Gasteiger partial charge is 0.493 e. The van der Waals surface area contributed by atoms with Gasteiger partial charge in [0.15, 0.2) is 11.5 Å². The molecule has 2 saturated carbocycles. The molecule has 3 fully saturated rings. The maximum atomic E-state index is 13.2. The van der Waals surface area contributed by atoms with Crippen LogP contribution in [0, 0.1) is 29.6 Å². The molecule has 6 atom stereocenters. The van der Waals surface area contributed by atoms with Crippen LogP contribution < -0.4 is 9.47 Å². The van der Waals surface area contributed by atoms with Gasteiger partial charge in [0.25, 0.3) is 0 Å². The number of carbonyl (C=O) groups is 2. The standard InChI is InChI=1S/C22H27N3O5/c1-24(2)8-9-25-21(26)15-12-10-13(16(15)22(25)27)20-17(12)18(23-30-20)11-6-5-7-14(28-3)19(11)29-4/h5-7,12-13,15-17,20H,8-10H2,1-4H3/t12-,13-,15-,16-,17-,20+/m0/s1. The first-order valence-corrected chi connectivity index (χ1v) is 10.4. The summed E-state index contributed by atoms with van der Waals surface area (Å²) in [5.74, 6) is 0.722. The summed E-state index contributed by atoms with van der Waals surface area (Å²) >= 11 is 0. The summed E-state index contributed by atoms with van der Waals surface area (Å²) in [5.41, 5.74) is 1.63. The fourth-order valence-electron chi connectivity index (χ4n) is 6.02. The van der Waals surface area contributed by atoms with Gasteiger partial charge in [0.2, 0.25) is 11.8 Å². The topological polar surface area (TPSA) is 80.7 Å². The van der Waals surface area contributed by atoms with Gasteiger partial charge < -0.3 is 19.2 Å². The minimum atomic E-state index is -0.271. The van der Waals surface area contributed by atoms with Gasteiger partial charge in [0.1, 0.15) is 6.10 Å². The molecule has 2 amide bonds. The van der Waals surface area contributed by atoms with Crippen molar-refractivity contribution in [1.29, 1.82) is 0 Å². The third-order valence-electron chi connectivity index (χ3n) is 7.23. The van der Waals surface area contributed by atoms with E-state index in [-0.39, 0.29) is 47.5 Å².